The van der Waals surface area contributed by atoms with Crippen LogP contribution < -0.4 is 5.32 Å². The molecule has 0 bridgehead atoms. The molecule has 2 atom stereocenters. The number of nitrogens with one attached hydrogen (secondary N) is 1. The van der Waals surface area contributed by atoms with Crippen molar-refractivity contribution in [2.75, 3.05) is 14.1 Å². The molecule has 37 heavy (non-hydrogen) atoms. The van der Waals surface area contributed by atoms with Gasteiger partial charge in [0.1, 0.15) is 12.1 Å². The minimum absolute atomic E-state index is 0.0473. The number of likely N-dealkylation sites (N-methyl/N-ethyl adjacent to an activating group) is 1. The van der Waals surface area contributed by atoms with Crippen molar-refractivity contribution >= 4 is 21.7 Å². The monoisotopic (exact) mass is 537 g/mol. The Bertz CT molecular complexity index is 1370. The van der Waals surface area contributed by atoms with E-state index in [1.54, 1.807) is 14.1 Å². The molecule has 1 N–H and O–H groups in total. The molecule has 0 aliphatic heterocycles. The maximum Gasteiger partial charge on any atom is 0.417 e. The minimum Gasteiger partial charge on any atom is -0.347 e. The number of hydrogen-bond acceptors (Lipinski definition) is 6. The fraction of sp³-hybridized carbons (Fsp3) is 0.500. The molecule has 2 aliphatic carbocycles. The highest BCUT2D eigenvalue weighted by Gasteiger charge is 2.48. The van der Waals surface area contributed by atoms with Gasteiger partial charge in [-0.3, -0.25) is 14.3 Å². The first kappa shape index (κ1) is 26.7. The van der Waals surface area contributed by atoms with E-state index in [4.69, 9.17) is 5.26 Å². The third-order valence-electron chi connectivity index (χ3n) is 6.87. The number of carbonyl (C=O) groups excluding carboxylic acids is 2. The van der Waals surface area contributed by atoms with Gasteiger partial charge >= 0.3 is 6.18 Å². The summed E-state index contributed by atoms with van der Waals surface area (Å²) in [7, 11) is -1.28. The Morgan fingerprint density at radius 3 is 2.54 bits per heavy atom. The van der Waals surface area contributed by atoms with Crippen molar-refractivity contribution in [1.29, 1.82) is 5.26 Å². The lowest BCUT2D eigenvalue weighted by atomic mass is 10.1. The SMILES string of the molecule is CN(C)C(=O)Cn1cc(-c2ccc(S(=O)(=O)[C@@H]3CC[C@@H](C(=O)NC4(C#N)CC4)C3)c(C(F)(F)F)c2)cn1. The molecule has 2 saturated carbocycles. The molecule has 198 valence electrons. The Hall–Kier alpha value is -3.40. The van der Waals surface area contributed by atoms with E-state index in [2.05, 4.69) is 10.4 Å². The third kappa shape index (κ3) is 5.49. The second-order valence-electron chi connectivity index (χ2n) is 9.78. The highest BCUT2D eigenvalue weighted by Crippen LogP contribution is 2.42. The smallest absolute Gasteiger partial charge is 0.347 e. The molecular weight excluding hydrogens is 511 g/mol. The molecule has 0 unspecified atom stereocenters. The zero-order valence-electron chi connectivity index (χ0n) is 20.2. The lowest BCUT2D eigenvalue weighted by molar-refractivity contribution is -0.140. The van der Waals surface area contributed by atoms with Crippen LogP contribution in [0.25, 0.3) is 11.1 Å². The summed E-state index contributed by atoms with van der Waals surface area (Å²) in [5, 5.41) is 14.7. The number of rotatable bonds is 7. The number of carbonyl (C=O) groups is 2. The van der Waals surface area contributed by atoms with Gasteiger partial charge in [0.05, 0.1) is 28.0 Å². The van der Waals surface area contributed by atoms with Crippen LogP contribution in [0.4, 0.5) is 13.2 Å². The van der Waals surface area contributed by atoms with Gasteiger partial charge in [0.2, 0.25) is 11.8 Å². The van der Waals surface area contributed by atoms with Gasteiger partial charge in [-0.25, -0.2) is 8.42 Å². The summed E-state index contributed by atoms with van der Waals surface area (Å²) >= 11 is 0. The molecule has 0 radical (unpaired) electrons. The molecule has 0 saturated heterocycles. The number of hydrogen-bond donors (Lipinski definition) is 1. The highest BCUT2D eigenvalue weighted by atomic mass is 32.2. The van der Waals surface area contributed by atoms with Gasteiger partial charge in [0, 0.05) is 31.8 Å². The van der Waals surface area contributed by atoms with Gasteiger partial charge in [0.15, 0.2) is 9.84 Å². The van der Waals surface area contributed by atoms with Crippen molar-refractivity contribution in [2.45, 2.75) is 60.5 Å². The van der Waals surface area contributed by atoms with E-state index in [1.165, 1.54) is 28.0 Å². The fourth-order valence-electron chi connectivity index (χ4n) is 4.43. The first-order valence-corrected chi connectivity index (χ1v) is 13.2. The number of alkyl halides is 3. The van der Waals surface area contributed by atoms with Crippen LogP contribution in [-0.2, 0) is 32.1 Å². The summed E-state index contributed by atoms with van der Waals surface area (Å²) in [6.45, 7) is -0.0997. The van der Waals surface area contributed by atoms with Gasteiger partial charge in [-0.15, -0.1) is 0 Å². The predicted molar refractivity (Wildman–Crippen MR) is 125 cm³/mol. The molecule has 2 aromatic rings. The van der Waals surface area contributed by atoms with Crippen LogP contribution in [0.15, 0.2) is 35.5 Å². The van der Waals surface area contributed by atoms with Crippen LogP contribution in [-0.4, -0.2) is 59.8 Å². The summed E-state index contributed by atoms with van der Waals surface area (Å²) in [4.78, 5) is 24.9. The van der Waals surface area contributed by atoms with E-state index >= 15 is 0 Å². The average Bonchev–Trinajstić information content (AvgIpc) is 3.22. The first-order valence-electron chi connectivity index (χ1n) is 11.7. The number of nitrogens with zero attached hydrogens (tertiary/aromatic N) is 4. The van der Waals surface area contributed by atoms with Crippen molar-refractivity contribution in [2.24, 2.45) is 5.92 Å². The fourth-order valence-corrected chi connectivity index (χ4v) is 6.46. The van der Waals surface area contributed by atoms with E-state index in [-0.39, 0.29) is 37.3 Å². The van der Waals surface area contributed by atoms with Gasteiger partial charge < -0.3 is 10.2 Å². The number of halogens is 3. The Labute approximate surface area is 212 Å². The molecule has 1 aromatic carbocycles. The molecule has 13 heteroatoms. The van der Waals surface area contributed by atoms with Crippen molar-refractivity contribution in [1.82, 2.24) is 20.0 Å². The van der Waals surface area contributed by atoms with Crippen LogP contribution in [0, 0.1) is 17.2 Å². The van der Waals surface area contributed by atoms with Gasteiger partial charge in [-0.1, -0.05) is 6.07 Å². The molecule has 0 spiro atoms. The lowest BCUT2D eigenvalue weighted by Gasteiger charge is -2.18. The van der Waals surface area contributed by atoms with Gasteiger partial charge in [-0.05, 0) is 49.8 Å². The highest BCUT2D eigenvalue weighted by molar-refractivity contribution is 7.92. The van der Waals surface area contributed by atoms with Crippen molar-refractivity contribution < 1.29 is 31.2 Å². The van der Waals surface area contributed by atoms with Crippen molar-refractivity contribution in [3.05, 3.63) is 36.2 Å². The summed E-state index contributed by atoms with van der Waals surface area (Å²) in [5.41, 5.74) is -1.80. The van der Waals surface area contributed by atoms with Crippen LogP contribution in [0.2, 0.25) is 0 Å². The molecule has 1 aromatic heterocycles. The second kappa shape index (κ2) is 9.48. The van der Waals surface area contributed by atoms with Gasteiger partial charge in [-0.2, -0.15) is 23.5 Å². The number of sulfone groups is 1. The normalized spacial score (nSPS) is 20.8. The zero-order chi connectivity index (χ0) is 27.2. The number of nitriles is 1. The van der Waals surface area contributed by atoms with Crippen LogP contribution in [0.1, 0.15) is 37.7 Å². The van der Waals surface area contributed by atoms with Crippen LogP contribution in [0.3, 0.4) is 0 Å². The van der Waals surface area contributed by atoms with Crippen molar-refractivity contribution in [3.8, 4) is 17.2 Å². The summed E-state index contributed by atoms with van der Waals surface area (Å²) in [6, 6.07) is 5.02. The molecule has 9 nitrogen and oxygen atoms in total. The Balaban J connectivity index is 1.58. The quantitative estimate of drug-likeness (QED) is 0.579. The largest absolute Gasteiger partial charge is 0.417 e. The molecule has 2 aliphatic rings. The molecule has 2 amide bonds. The number of amides is 2. The first-order chi connectivity index (χ1) is 17.3. The van der Waals surface area contributed by atoms with E-state index in [1.807, 2.05) is 6.07 Å². The van der Waals surface area contributed by atoms with E-state index in [0.29, 0.717) is 18.4 Å². The Morgan fingerprint density at radius 1 is 1.24 bits per heavy atom. The summed E-state index contributed by atoms with van der Waals surface area (Å²) in [6.07, 6.45) is -1.03. The van der Waals surface area contributed by atoms with E-state index in [0.717, 1.165) is 12.1 Å². The maximum atomic E-state index is 14.0. The zero-order valence-corrected chi connectivity index (χ0v) is 21.1. The average molecular weight is 538 g/mol. The number of benzene rings is 1. The second-order valence-corrected chi connectivity index (χ2v) is 12.0. The van der Waals surface area contributed by atoms with E-state index < -0.39 is 49.1 Å². The third-order valence-corrected chi connectivity index (χ3v) is 9.15. The molecule has 1 heterocycles. The molecule has 4 rings (SSSR count). The minimum atomic E-state index is -4.95. The molecule has 2 fully saturated rings. The molecular formula is C24H26F3N5O4S. The van der Waals surface area contributed by atoms with Crippen LogP contribution >= 0.6 is 0 Å². The Morgan fingerprint density at radius 2 is 1.95 bits per heavy atom. The van der Waals surface area contributed by atoms with Crippen LogP contribution in [0.5, 0.6) is 0 Å². The number of aromatic nitrogens is 2. The predicted octanol–water partition coefficient (Wildman–Crippen LogP) is 2.77. The van der Waals surface area contributed by atoms with E-state index in [9.17, 15) is 31.2 Å². The topological polar surface area (TPSA) is 125 Å². The lowest BCUT2D eigenvalue weighted by Crippen LogP contribution is -2.39. The summed E-state index contributed by atoms with van der Waals surface area (Å²) in [5.74, 6) is -1.38. The standard InChI is InChI=1S/C24H26F3N5O4S/c1-31(2)21(33)13-32-12-17(11-29-32)15-4-6-20(19(10-15)24(25,26)27)37(35,36)18-5-3-16(9-18)22(34)30-23(14-28)7-8-23/h4,6,10-12,16,18H,3,5,7-9,13H2,1-2H3,(H,30,34)/t16-,18-/m1/s1. The maximum absolute atomic E-state index is 14.0. The van der Waals surface area contributed by atoms with Crippen molar-refractivity contribution in [3.63, 3.8) is 0 Å². The Kier molecular flexibility index (Phi) is 6.83. The summed E-state index contributed by atoms with van der Waals surface area (Å²) < 4.78 is 70.0. The van der Waals surface area contributed by atoms with Gasteiger partial charge in [0.25, 0.3) is 0 Å².